The highest BCUT2D eigenvalue weighted by atomic mass is 32.2. The smallest absolute Gasteiger partial charge is 0.329 e. The van der Waals surface area contributed by atoms with Gasteiger partial charge >= 0.3 is 5.69 Å². The van der Waals surface area contributed by atoms with Gasteiger partial charge in [0.05, 0.1) is 25.9 Å². The molecule has 0 radical (unpaired) electrons. The molecule has 4 heterocycles. The summed E-state index contributed by atoms with van der Waals surface area (Å²) in [5.41, 5.74) is -0.199. The molecule has 2 aromatic heterocycles. The number of unbranched alkanes of at least 4 members (excludes halogenated alkanes) is 1. The van der Waals surface area contributed by atoms with E-state index < -0.39 is 11.8 Å². The topological polar surface area (TPSA) is 112 Å². The van der Waals surface area contributed by atoms with Gasteiger partial charge in [-0.2, -0.15) is 0 Å². The maximum atomic E-state index is 13.1. The van der Waals surface area contributed by atoms with E-state index in [4.69, 9.17) is 4.74 Å². The fourth-order valence-electron chi connectivity index (χ4n) is 5.83. The fraction of sp³-hybridized carbons (Fsp3) is 0.633. The lowest BCUT2D eigenvalue weighted by Gasteiger charge is -2.35. The molecule has 0 aliphatic carbocycles. The number of piperazine rings is 1. The van der Waals surface area contributed by atoms with Crippen molar-refractivity contribution in [3.8, 4) is 0 Å². The van der Waals surface area contributed by atoms with Crippen LogP contribution in [0.25, 0.3) is 11.2 Å². The molecular weight excluding hydrogens is 554 g/mol. The minimum Gasteiger partial charge on any atom is -0.390 e. The number of nitrogens with one attached hydrogen (secondary N) is 1. The maximum absolute atomic E-state index is 13.1. The number of ether oxygens (including phenoxy) is 1. The third-order valence-corrected chi connectivity index (χ3v) is 9.37. The molecule has 0 amide bonds. The number of morpholine rings is 1. The van der Waals surface area contributed by atoms with Crippen LogP contribution in [0.5, 0.6) is 0 Å². The van der Waals surface area contributed by atoms with Gasteiger partial charge in [0, 0.05) is 64.2 Å². The second-order valence-electron chi connectivity index (χ2n) is 11.4. The van der Waals surface area contributed by atoms with Crippen molar-refractivity contribution in [2.24, 2.45) is 7.05 Å². The molecule has 2 aliphatic heterocycles. The molecule has 2 N–H and O–H groups in total. The SMILES string of the molecule is Cn1c(=O)[nH]c2nc(CCCCN3CCOCC3)n(CC(O)CN3CCN(CCCSc4ccccc4)CC3)c2c1=O. The minimum atomic E-state index is -0.653. The number of imidazole rings is 1. The lowest BCUT2D eigenvalue weighted by Crippen LogP contribution is -2.49. The van der Waals surface area contributed by atoms with Crippen LogP contribution in [0.1, 0.15) is 25.1 Å². The summed E-state index contributed by atoms with van der Waals surface area (Å²) >= 11 is 1.91. The summed E-state index contributed by atoms with van der Waals surface area (Å²) in [6.07, 6.45) is 3.10. The summed E-state index contributed by atoms with van der Waals surface area (Å²) in [6.45, 7) is 10.2. The van der Waals surface area contributed by atoms with Crippen LogP contribution < -0.4 is 11.2 Å². The van der Waals surface area contributed by atoms with E-state index in [9.17, 15) is 14.7 Å². The first-order valence-electron chi connectivity index (χ1n) is 15.3. The normalized spacial score (nSPS) is 18.1. The molecule has 0 saturated carbocycles. The van der Waals surface area contributed by atoms with Crippen molar-refractivity contribution in [3.05, 3.63) is 57.0 Å². The lowest BCUT2D eigenvalue weighted by atomic mass is 10.2. The molecular formula is C30H45N7O4S. The van der Waals surface area contributed by atoms with Crippen LogP contribution in [0.15, 0.2) is 44.8 Å². The third-order valence-electron chi connectivity index (χ3n) is 8.27. The zero-order valence-corrected chi connectivity index (χ0v) is 25.6. The van der Waals surface area contributed by atoms with Crippen molar-refractivity contribution < 1.29 is 9.84 Å². The molecule has 1 unspecified atom stereocenters. The van der Waals surface area contributed by atoms with Gasteiger partial charge < -0.3 is 19.3 Å². The van der Waals surface area contributed by atoms with E-state index in [0.29, 0.717) is 24.1 Å². The van der Waals surface area contributed by atoms with Crippen molar-refractivity contribution in [1.82, 2.24) is 33.8 Å². The van der Waals surface area contributed by atoms with Gasteiger partial charge in [0.1, 0.15) is 5.82 Å². The minimum absolute atomic E-state index is 0.271. The van der Waals surface area contributed by atoms with Crippen LogP contribution in [0.3, 0.4) is 0 Å². The lowest BCUT2D eigenvalue weighted by molar-refractivity contribution is 0.0372. The quantitative estimate of drug-likeness (QED) is 0.209. The van der Waals surface area contributed by atoms with Gasteiger partial charge in [0.2, 0.25) is 0 Å². The highest BCUT2D eigenvalue weighted by Gasteiger charge is 2.23. The van der Waals surface area contributed by atoms with Crippen molar-refractivity contribution in [1.29, 1.82) is 0 Å². The van der Waals surface area contributed by atoms with Crippen molar-refractivity contribution >= 4 is 22.9 Å². The fourth-order valence-corrected chi connectivity index (χ4v) is 6.69. The standard InChI is InChI=1S/C30H45N7O4S/c1-33-29(39)27-28(32-30(33)40)31-26(10-5-6-11-35-17-19-41-20-18-35)37(27)23-24(38)22-36-15-13-34(14-16-36)12-7-21-42-25-8-3-2-4-9-25/h2-4,8-9,24,38H,5-7,10-23H2,1H3,(H,32,40). The Balaban J connectivity index is 1.13. The Bertz CT molecular complexity index is 1380. The Labute approximate surface area is 251 Å². The number of H-pyrrole nitrogens is 1. The summed E-state index contributed by atoms with van der Waals surface area (Å²) in [4.78, 5) is 41.3. The van der Waals surface area contributed by atoms with E-state index in [2.05, 4.69) is 55.0 Å². The predicted octanol–water partition coefficient (Wildman–Crippen LogP) is 1.24. The molecule has 11 nitrogen and oxygen atoms in total. The van der Waals surface area contributed by atoms with Gasteiger partial charge in [-0.25, -0.2) is 9.78 Å². The maximum Gasteiger partial charge on any atom is 0.329 e. The second kappa shape index (κ2) is 15.3. The van der Waals surface area contributed by atoms with Crippen molar-refractivity contribution in [3.63, 3.8) is 0 Å². The first-order valence-corrected chi connectivity index (χ1v) is 16.3. The molecule has 2 saturated heterocycles. The zero-order chi connectivity index (χ0) is 29.3. The number of aliphatic hydroxyl groups is 1. The number of thioether (sulfide) groups is 1. The molecule has 12 heteroatoms. The number of β-amino-alcohol motifs (C(OH)–C–C–N with tert-alkyl or cyclic N) is 1. The first-order chi connectivity index (χ1) is 20.5. The molecule has 0 bridgehead atoms. The summed E-state index contributed by atoms with van der Waals surface area (Å²) in [5, 5.41) is 11.2. The average Bonchev–Trinajstić information content (AvgIpc) is 3.34. The van der Waals surface area contributed by atoms with E-state index in [1.165, 1.54) is 11.9 Å². The molecule has 42 heavy (non-hydrogen) atoms. The van der Waals surface area contributed by atoms with Gasteiger partial charge in [0.15, 0.2) is 11.2 Å². The van der Waals surface area contributed by atoms with Gasteiger partial charge in [-0.1, -0.05) is 18.2 Å². The van der Waals surface area contributed by atoms with E-state index in [1.807, 2.05) is 16.3 Å². The zero-order valence-electron chi connectivity index (χ0n) is 24.7. The van der Waals surface area contributed by atoms with Gasteiger partial charge in [-0.3, -0.25) is 24.1 Å². The van der Waals surface area contributed by atoms with Gasteiger partial charge in [-0.15, -0.1) is 11.8 Å². The predicted molar refractivity (Wildman–Crippen MR) is 166 cm³/mol. The second-order valence-corrected chi connectivity index (χ2v) is 12.5. The molecule has 0 spiro atoms. The largest absolute Gasteiger partial charge is 0.390 e. The molecule has 3 aromatic rings. The highest BCUT2D eigenvalue weighted by molar-refractivity contribution is 7.99. The number of hydrogen-bond acceptors (Lipinski definition) is 9. The van der Waals surface area contributed by atoms with E-state index >= 15 is 0 Å². The summed E-state index contributed by atoms with van der Waals surface area (Å²) in [5.74, 6) is 1.85. The van der Waals surface area contributed by atoms with Crippen LogP contribution in [-0.4, -0.2) is 123 Å². The summed E-state index contributed by atoms with van der Waals surface area (Å²) in [6, 6.07) is 10.5. The number of benzene rings is 1. The Hall–Kier alpha value is -2.48. The Morgan fingerprint density at radius 2 is 1.62 bits per heavy atom. The molecule has 2 fully saturated rings. The Kier molecular flexibility index (Phi) is 11.3. The molecule has 1 atom stereocenters. The third kappa shape index (κ3) is 8.33. The summed E-state index contributed by atoms with van der Waals surface area (Å²) in [7, 11) is 1.47. The van der Waals surface area contributed by atoms with Gasteiger partial charge in [-0.05, 0) is 50.2 Å². The van der Waals surface area contributed by atoms with Crippen LogP contribution in [0, 0.1) is 0 Å². The van der Waals surface area contributed by atoms with E-state index in [-0.39, 0.29) is 12.1 Å². The summed E-state index contributed by atoms with van der Waals surface area (Å²) < 4.78 is 8.36. The van der Waals surface area contributed by atoms with Crippen LogP contribution in [0.4, 0.5) is 0 Å². The number of aryl methyl sites for hydroxylation is 1. The number of aromatic amines is 1. The number of aromatic nitrogens is 4. The van der Waals surface area contributed by atoms with Crippen LogP contribution in [0.2, 0.25) is 0 Å². The Morgan fingerprint density at radius 3 is 2.38 bits per heavy atom. The molecule has 230 valence electrons. The molecule has 1 aromatic carbocycles. The van der Waals surface area contributed by atoms with Gasteiger partial charge in [0.25, 0.3) is 5.56 Å². The average molecular weight is 600 g/mol. The van der Waals surface area contributed by atoms with E-state index in [1.54, 1.807) is 0 Å². The number of rotatable bonds is 14. The van der Waals surface area contributed by atoms with Crippen molar-refractivity contribution in [2.45, 2.75) is 43.2 Å². The molecule has 2 aliphatic rings. The Morgan fingerprint density at radius 1 is 0.929 bits per heavy atom. The molecule has 5 rings (SSSR count). The van der Waals surface area contributed by atoms with Crippen LogP contribution in [-0.2, 0) is 24.8 Å². The van der Waals surface area contributed by atoms with Crippen molar-refractivity contribution in [2.75, 3.05) is 77.9 Å². The number of fused-ring (bicyclic) bond motifs is 1. The number of hydrogen-bond donors (Lipinski definition) is 2. The first kappa shape index (κ1) is 31.0. The number of aliphatic hydroxyl groups excluding tert-OH is 1. The number of nitrogens with zero attached hydrogens (tertiary/aromatic N) is 6. The van der Waals surface area contributed by atoms with E-state index in [0.717, 1.165) is 101 Å². The monoisotopic (exact) mass is 599 g/mol. The van der Waals surface area contributed by atoms with Crippen LogP contribution >= 0.6 is 11.8 Å². The highest BCUT2D eigenvalue weighted by Crippen LogP contribution is 2.18.